The molecule has 0 radical (unpaired) electrons. The molecule has 1 aromatic heterocycles. The largest absolute Gasteiger partial charge is 0.338 e. The summed E-state index contributed by atoms with van der Waals surface area (Å²) in [6.45, 7) is 3.77. The van der Waals surface area contributed by atoms with Gasteiger partial charge in [-0.2, -0.15) is 0 Å². The number of piperazine rings is 1. The van der Waals surface area contributed by atoms with Gasteiger partial charge in [-0.15, -0.1) is 0 Å². The fourth-order valence-electron chi connectivity index (χ4n) is 3.54. The molecule has 31 heavy (non-hydrogen) atoms. The number of anilines is 2. The molecule has 0 atom stereocenters. The van der Waals surface area contributed by atoms with Gasteiger partial charge in [0.1, 0.15) is 5.84 Å². The molecule has 1 amide bonds. The first-order valence-electron chi connectivity index (χ1n) is 10.2. The highest BCUT2D eigenvalue weighted by molar-refractivity contribution is 7.90. The van der Waals surface area contributed by atoms with Gasteiger partial charge >= 0.3 is 0 Å². The van der Waals surface area contributed by atoms with E-state index in [2.05, 4.69) is 34.8 Å². The third-order valence-corrected chi connectivity index (χ3v) is 6.51. The minimum Gasteiger partial charge on any atom is -0.338 e. The Balaban J connectivity index is 1.30. The number of sulfonamides is 1. The zero-order chi connectivity index (χ0) is 21.7. The molecule has 1 fully saturated rings. The van der Waals surface area contributed by atoms with Crippen LogP contribution in [0.1, 0.15) is 12.8 Å². The molecular formula is C20H25N7O3S. The molecule has 164 valence electrons. The van der Waals surface area contributed by atoms with Crippen LogP contribution < -0.4 is 14.9 Å². The molecule has 3 heterocycles. The number of rotatable bonds is 6. The summed E-state index contributed by atoms with van der Waals surface area (Å²) >= 11 is 0. The second-order valence-electron chi connectivity index (χ2n) is 7.43. The van der Waals surface area contributed by atoms with Gasteiger partial charge in [0.05, 0.1) is 11.4 Å². The maximum absolute atomic E-state index is 12.6. The van der Waals surface area contributed by atoms with Crippen LogP contribution in [0.2, 0.25) is 0 Å². The van der Waals surface area contributed by atoms with Gasteiger partial charge in [-0.3, -0.25) is 19.4 Å². The Morgan fingerprint density at radius 2 is 1.84 bits per heavy atom. The second-order valence-corrected chi connectivity index (χ2v) is 9.11. The minimum absolute atomic E-state index is 0.0939. The van der Waals surface area contributed by atoms with Gasteiger partial charge in [0.15, 0.2) is 0 Å². The van der Waals surface area contributed by atoms with E-state index >= 15 is 0 Å². The number of carbonyl (C=O) groups excluding carboxylic acids is 1. The molecule has 2 aromatic rings. The van der Waals surface area contributed by atoms with Crippen molar-refractivity contribution in [1.29, 1.82) is 0 Å². The quantitative estimate of drug-likeness (QED) is 0.675. The number of nitrogens with one attached hydrogen (secondary N) is 2. The first-order chi connectivity index (χ1) is 15.0. The fourth-order valence-corrected chi connectivity index (χ4v) is 4.68. The molecule has 1 aromatic carbocycles. The van der Waals surface area contributed by atoms with Gasteiger partial charge in [0.25, 0.3) is 10.0 Å². The first kappa shape index (κ1) is 21.2. The molecule has 0 bridgehead atoms. The summed E-state index contributed by atoms with van der Waals surface area (Å²) in [5.41, 5.74) is 0.442. The Morgan fingerprint density at radius 1 is 1.06 bits per heavy atom. The Hall–Kier alpha value is -3.05. The van der Waals surface area contributed by atoms with Crippen LogP contribution in [0.5, 0.6) is 0 Å². The third kappa shape index (κ3) is 5.56. The highest BCUT2D eigenvalue weighted by atomic mass is 32.2. The van der Waals surface area contributed by atoms with Crippen LogP contribution in [0.4, 0.5) is 11.6 Å². The zero-order valence-electron chi connectivity index (χ0n) is 17.1. The summed E-state index contributed by atoms with van der Waals surface area (Å²) in [5, 5.41) is 2.80. The SMILES string of the molecule is O=C(CN1CCN(c2ncccn2)CC1)Nc1cccc(S(=O)(=O)NC2=NCCC2)c1. The molecule has 0 saturated carbocycles. The fraction of sp³-hybridized carbons (Fsp3) is 0.400. The molecular weight excluding hydrogens is 418 g/mol. The lowest BCUT2D eigenvalue weighted by atomic mass is 10.3. The molecule has 0 aliphatic carbocycles. The predicted molar refractivity (Wildman–Crippen MR) is 118 cm³/mol. The van der Waals surface area contributed by atoms with Gasteiger partial charge in [0.2, 0.25) is 11.9 Å². The van der Waals surface area contributed by atoms with Crippen molar-refractivity contribution in [3.63, 3.8) is 0 Å². The number of hydrogen-bond acceptors (Lipinski definition) is 8. The number of nitrogens with zero attached hydrogens (tertiary/aromatic N) is 5. The van der Waals surface area contributed by atoms with Crippen molar-refractivity contribution in [3.8, 4) is 0 Å². The van der Waals surface area contributed by atoms with E-state index in [0.29, 0.717) is 43.5 Å². The summed E-state index contributed by atoms with van der Waals surface area (Å²) in [6, 6.07) is 8.02. The van der Waals surface area contributed by atoms with E-state index in [-0.39, 0.29) is 17.3 Å². The Labute approximate surface area is 181 Å². The lowest BCUT2D eigenvalue weighted by molar-refractivity contribution is -0.117. The number of hydrogen-bond donors (Lipinski definition) is 2. The maximum Gasteiger partial charge on any atom is 0.262 e. The lowest BCUT2D eigenvalue weighted by Crippen LogP contribution is -2.49. The van der Waals surface area contributed by atoms with E-state index in [1.165, 1.54) is 12.1 Å². The third-order valence-electron chi connectivity index (χ3n) is 5.13. The predicted octanol–water partition coefficient (Wildman–Crippen LogP) is 0.708. The molecule has 2 N–H and O–H groups in total. The summed E-state index contributed by atoms with van der Waals surface area (Å²) in [4.78, 5) is 29.4. The zero-order valence-corrected chi connectivity index (χ0v) is 17.9. The molecule has 4 rings (SSSR count). The van der Waals surface area contributed by atoms with Crippen LogP contribution in [0.25, 0.3) is 0 Å². The van der Waals surface area contributed by atoms with Crippen LogP contribution in [-0.2, 0) is 14.8 Å². The van der Waals surface area contributed by atoms with Gasteiger partial charge < -0.3 is 10.2 Å². The van der Waals surface area contributed by atoms with Crippen LogP contribution in [0, 0.1) is 0 Å². The van der Waals surface area contributed by atoms with Crippen molar-refractivity contribution in [3.05, 3.63) is 42.7 Å². The lowest BCUT2D eigenvalue weighted by Gasteiger charge is -2.34. The monoisotopic (exact) mass is 443 g/mol. The summed E-state index contributed by atoms with van der Waals surface area (Å²) in [7, 11) is -3.72. The van der Waals surface area contributed by atoms with E-state index in [0.717, 1.165) is 19.5 Å². The number of carbonyl (C=O) groups is 1. The normalized spacial score (nSPS) is 17.3. The second kappa shape index (κ2) is 9.40. The Morgan fingerprint density at radius 3 is 2.55 bits per heavy atom. The topological polar surface area (TPSA) is 120 Å². The number of aromatic nitrogens is 2. The number of amidine groups is 1. The van der Waals surface area contributed by atoms with E-state index in [1.54, 1.807) is 30.6 Å². The number of benzene rings is 1. The summed E-state index contributed by atoms with van der Waals surface area (Å²) in [5.74, 6) is 0.989. The molecule has 0 unspecified atom stereocenters. The van der Waals surface area contributed by atoms with Crippen molar-refractivity contribution < 1.29 is 13.2 Å². The molecule has 1 saturated heterocycles. The van der Waals surface area contributed by atoms with Crippen molar-refractivity contribution in [2.75, 3.05) is 49.5 Å². The Kier molecular flexibility index (Phi) is 6.42. The summed E-state index contributed by atoms with van der Waals surface area (Å²) < 4.78 is 27.6. The maximum atomic E-state index is 12.6. The van der Waals surface area contributed by atoms with E-state index < -0.39 is 10.0 Å². The summed E-state index contributed by atoms with van der Waals surface area (Å²) in [6.07, 6.45) is 4.90. The van der Waals surface area contributed by atoms with Crippen molar-refractivity contribution >= 4 is 33.4 Å². The average Bonchev–Trinajstić information content (AvgIpc) is 3.27. The average molecular weight is 444 g/mol. The molecule has 10 nitrogen and oxygen atoms in total. The van der Waals surface area contributed by atoms with E-state index in [1.807, 2.05) is 0 Å². The van der Waals surface area contributed by atoms with Crippen LogP contribution in [0.3, 0.4) is 0 Å². The van der Waals surface area contributed by atoms with Crippen molar-refractivity contribution in [2.24, 2.45) is 4.99 Å². The smallest absolute Gasteiger partial charge is 0.262 e. The van der Waals surface area contributed by atoms with Crippen LogP contribution in [0.15, 0.2) is 52.6 Å². The molecule has 0 spiro atoms. The van der Waals surface area contributed by atoms with Gasteiger partial charge in [-0.05, 0) is 30.7 Å². The molecule has 2 aliphatic rings. The highest BCUT2D eigenvalue weighted by Crippen LogP contribution is 2.17. The van der Waals surface area contributed by atoms with Crippen LogP contribution in [-0.4, -0.2) is 74.3 Å². The van der Waals surface area contributed by atoms with Gasteiger partial charge in [0, 0.05) is 57.2 Å². The van der Waals surface area contributed by atoms with Crippen molar-refractivity contribution in [1.82, 2.24) is 19.6 Å². The van der Waals surface area contributed by atoms with Gasteiger partial charge in [-0.25, -0.2) is 18.4 Å². The van der Waals surface area contributed by atoms with E-state index in [4.69, 9.17) is 0 Å². The van der Waals surface area contributed by atoms with Crippen LogP contribution >= 0.6 is 0 Å². The standard InChI is InChI=1S/C20H25N7O3S/c28-19(15-26-10-12-27(13-11-26)20-22-8-3-9-23-20)24-16-4-1-5-17(14-16)31(29,30)25-18-6-2-7-21-18/h1,3-5,8-9,14H,2,6-7,10-13,15H2,(H,21,25)(H,24,28). The first-order valence-corrected chi connectivity index (χ1v) is 11.7. The number of aliphatic imine (C=N–C) groups is 1. The molecule has 2 aliphatic heterocycles. The highest BCUT2D eigenvalue weighted by Gasteiger charge is 2.21. The Bertz CT molecular complexity index is 1050. The van der Waals surface area contributed by atoms with E-state index in [9.17, 15) is 13.2 Å². The minimum atomic E-state index is -3.72. The van der Waals surface area contributed by atoms with Gasteiger partial charge in [-0.1, -0.05) is 6.07 Å². The molecule has 11 heteroatoms. The van der Waals surface area contributed by atoms with Crippen molar-refractivity contribution in [2.45, 2.75) is 17.7 Å². The number of amides is 1.